The Balaban J connectivity index is 2.03. The first-order valence-corrected chi connectivity index (χ1v) is 7.16. The van der Waals surface area contributed by atoms with Gasteiger partial charge in [0.05, 0.1) is 24.6 Å². The summed E-state index contributed by atoms with van der Waals surface area (Å²) in [6, 6.07) is 8.70. The summed E-state index contributed by atoms with van der Waals surface area (Å²) in [6.07, 6.45) is 2.70. The van der Waals surface area contributed by atoms with Gasteiger partial charge in [0.2, 0.25) is 0 Å². The lowest BCUT2D eigenvalue weighted by Crippen LogP contribution is -2.10. The predicted octanol–water partition coefficient (Wildman–Crippen LogP) is 3.19. The number of aromatic carboxylic acids is 1. The van der Waals surface area contributed by atoms with Crippen molar-refractivity contribution < 1.29 is 19.4 Å². The number of carboxylic acid groups (broad SMARTS) is 1. The first-order valence-electron chi connectivity index (χ1n) is 7.16. The Kier molecular flexibility index (Phi) is 3.91. The lowest BCUT2D eigenvalue weighted by atomic mass is 10.1. The second-order valence-corrected chi connectivity index (χ2v) is 5.25. The number of fused-ring (bicyclic) bond motifs is 1. The lowest BCUT2D eigenvalue weighted by Gasteiger charge is -2.07. The minimum absolute atomic E-state index is 0.197. The molecule has 0 spiro atoms. The Bertz CT molecular complexity index is 929. The smallest absolute Gasteiger partial charge is 0.411 e. The Morgan fingerprint density at radius 3 is 2.58 bits per heavy atom. The summed E-state index contributed by atoms with van der Waals surface area (Å²) in [7, 11) is 1.30. The number of nitrogens with zero attached hydrogens (tertiary/aromatic N) is 2. The normalized spacial score (nSPS) is 10.6. The SMILES string of the molecule is COC(=O)Nc1ccc(-c2cnc3c(C)cc(C(=O)O)cn23)cc1. The molecule has 0 aliphatic carbocycles. The Morgan fingerprint density at radius 2 is 1.96 bits per heavy atom. The lowest BCUT2D eigenvalue weighted by molar-refractivity contribution is 0.0696. The summed E-state index contributed by atoms with van der Waals surface area (Å²) in [4.78, 5) is 26.8. The number of ether oxygens (including phenoxy) is 1. The molecule has 0 fully saturated rings. The molecule has 1 aromatic carbocycles. The average Bonchev–Trinajstić information content (AvgIpc) is 3.00. The van der Waals surface area contributed by atoms with Crippen LogP contribution in [0.5, 0.6) is 0 Å². The van der Waals surface area contributed by atoms with E-state index in [1.807, 2.05) is 19.1 Å². The van der Waals surface area contributed by atoms with Gasteiger partial charge in [0.25, 0.3) is 0 Å². The molecule has 0 aliphatic heterocycles. The van der Waals surface area contributed by atoms with E-state index in [1.165, 1.54) is 7.11 Å². The summed E-state index contributed by atoms with van der Waals surface area (Å²) in [5, 5.41) is 11.8. The van der Waals surface area contributed by atoms with Gasteiger partial charge in [0.1, 0.15) is 5.65 Å². The molecule has 2 heterocycles. The zero-order valence-corrected chi connectivity index (χ0v) is 13.1. The molecule has 1 amide bonds. The zero-order chi connectivity index (χ0) is 17.3. The Morgan fingerprint density at radius 1 is 1.25 bits per heavy atom. The van der Waals surface area contributed by atoms with Gasteiger partial charge in [-0.05, 0) is 30.7 Å². The fourth-order valence-electron chi connectivity index (χ4n) is 2.48. The number of rotatable bonds is 3. The van der Waals surface area contributed by atoms with Gasteiger partial charge >= 0.3 is 12.1 Å². The largest absolute Gasteiger partial charge is 0.478 e. The number of carbonyl (C=O) groups is 2. The molecule has 0 bridgehead atoms. The van der Waals surface area contributed by atoms with E-state index < -0.39 is 12.1 Å². The minimum atomic E-state index is -0.989. The van der Waals surface area contributed by atoms with E-state index in [0.717, 1.165) is 16.8 Å². The molecule has 3 aromatic rings. The number of hydrogen-bond acceptors (Lipinski definition) is 4. The highest BCUT2D eigenvalue weighted by atomic mass is 16.5. The maximum absolute atomic E-state index is 11.3. The number of benzene rings is 1. The third-order valence-electron chi connectivity index (χ3n) is 3.65. The number of anilines is 1. The first kappa shape index (κ1) is 15.5. The number of hydrogen-bond donors (Lipinski definition) is 2. The Labute approximate surface area is 137 Å². The second-order valence-electron chi connectivity index (χ2n) is 5.25. The van der Waals surface area contributed by atoms with Gasteiger partial charge < -0.3 is 9.84 Å². The molecule has 7 heteroatoms. The molecular weight excluding hydrogens is 310 g/mol. The monoisotopic (exact) mass is 325 g/mol. The summed E-state index contributed by atoms with van der Waals surface area (Å²) in [5.74, 6) is -0.989. The third-order valence-corrected chi connectivity index (χ3v) is 3.65. The summed E-state index contributed by atoms with van der Waals surface area (Å²) in [5.41, 5.74) is 3.89. The molecule has 0 atom stereocenters. The van der Waals surface area contributed by atoms with E-state index in [-0.39, 0.29) is 5.56 Å². The summed E-state index contributed by atoms with van der Waals surface area (Å²) >= 11 is 0. The molecule has 0 aliphatic rings. The minimum Gasteiger partial charge on any atom is -0.478 e. The van der Waals surface area contributed by atoms with Gasteiger partial charge in [-0.15, -0.1) is 0 Å². The summed E-state index contributed by atoms with van der Waals surface area (Å²) < 4.78 is 6.29. The number of pyridine rings is 1. The van der Waals surface area contributed by atoms with E-state index in [4.69, 9.17) is 0 Å². The number of aromatic nitrogens is 2. The second kappa shape index (κ2) is 6.04. The first-order chi connectivity index (χ1) is 11.5. The van der Waals surface area contributed by atoms with Crippen LogP contribution >= 0.6 is 0 Å². The van der Waals surface area contributed by atoms with Crippen molar-refractivity contribution in [2.75, 3.05) is 12.4 Å². The van der Waals surface area contributed by atoms with Gasteiger partial charge in [-0.1, -0.05) is 12.1 Å². The van der Waals surface area contributed by atoms with E-state index in [0.29, 0.717) is 11.3 Å². The van der Waals surface area contributed by atoms with Crippen LogP contribution < -0.4 is 5.32 Å². The molecule has 0 unspecified atom stereocenters. The van der Waals surface area contributed by atoms with Crippen LogP contribution in [0.4, 0.5) is 10.5 Å². The van der Waals surface area contributed by atoms with Crippen molar-refractivity contribution in [3.63, 3.8) is 0 Å². The average molecular weight is 325 g/mol. The maximum Gasteiger partial charge on any atom is 0.411 e. The van der Waals surface area contributed by atoms with Crippen LogP contribution in [0.1, 0.15) is 15.9 Å². The topological polar surface area (TPSA) is 92.9 Å². The van der Waals surface area contributed by atoms with Gasteiger partial charge in [-0.2, -0.15) is 0 Å². The van der Waals surface area contributed by atoms with Crippen LogP contribution in [-0.2, 0) is 4.74 Å². The fraction of sp³-hybridized carbons (Fsp3) is 0.118. The number of amides is 1. The number of methoxy groups -OCH3 is 1. The van der Waals surface area contributed by atoms with Crippen molar-refractivity contribution in [1.82, 2.24) is 9.38 Å². The number of nitrogens with one attached hydrogen (secondary N) is 1. The van der Waals surface area contributed by atoms with Crippen LogP contribution in [-0.4, -0.2) is 33.7 Å². The third kappa shape index (κ3) is 2.79. The zero-order valence-electron chi connectivity index (χ0n) is 13.1. The highest BCUT2D eigenvalue weighted by molar-refractivity contribution is 5.88. The van der Waals surface area contributed by atoms with E-state index in [9.17, 15) is 14.7 Å². The van der Waals surface area contributed by atoms with Crippen molar-refractivity contribution in [1.29, 1.82) is 0 Å². The number of carboxylic acids is 1. The standard InChI is InChI=1S/C17H15N3O4/c1-10-7-12(16(21)22)9-20-14(8-18-15(10)20)11-3-5-13(6-4-11)19-17(23)24-2/h3-9H,1-2H3,(H,19,23)(H,21,22). The fourth-order valence-corrected chi connectivity index (χ4v) is 2.48. The predicted molar refractivity (Wildman–Crippen MR) is 88.4 cm³/mol. The van der Waals surface area contributed by atoms with Crippen LogP contribution in [0.25, 0.3) is 16.9 Å². The van der Waals surface area contributed by atoms with E-state index in [2.05, 4.69) is 15.0 Å². The van der Waals surface area contributed by atoms with Gasteiger partial charge in [0.15, 0.2) is 0 Å². The van der Waals surface area contributed by atoms with Crippen molar-refractivity contribution in [3.8, 4) is 11.3 Å². The molecule has 122 valence electrons. The molecule has 3 rings (SSSR count). The molecule has 7 nitrogen and oxygen atoms in total. The molecule has 0 saturated heterocycles. The molecule has 2 N–H and O–H groups in total. The van der Waals surface area contributed by atoms with Crippen molar-refractivity contribution in [2.24, 2.45) is 0 Å². The maximum atomic E-state index is 11.3. The molecular formula is C17H15N3O4. The van der Waals surface area contributed by atoms with Crippen molar-refractivity contribution in [2.45, 2.75) is 6.92 Å². The quantitative estimate of drug-likeness (QED) is 0.771. The molecule has 24 heavy (non-hydrogen) atoms. The van der Waals surface area contributed by atoms with Crippen LogP contribution in [0.2, 0.25) is 0 Å². The number of carbonyl (C=O) groups excluding carboxylic acids is 1. The van der Waals surface area contributed by atoms with Gasteiger partial charge in [-0.25, -0.2) is 14.6 Å². The molecule has 2 aromatic heterocycles. The Hall–Kier alpha value is -3.35. The highest BCUT2D eigenvalue weighted by Crippen LogP contribution is 2.24. The van der Waals surface area contributed by atoms with E-state index >= 15 is 0 Å². The van der Waals surface area contributed by atoms with E-state index in [1.54, 1.807) is 35.0 Å². The number of aryl methyl sites for hydroxylation is 1. The van der Waals surface area contributed by atoms with Gasteiger partial charge in [0, 0.05) is 17.4 Å². The van der Waals surface area contributed by atoms with Crippen LogP contribution in [0, 0.1) is 6.92 Å². The van der Waals surface area contributed by atoms with Gasteiger partial charge in [-0.3, -0.25) is 9.72 Å². The van der Waals surface area contributed by atoms with Crippen molar-refractivity contribution >= 4 is 23.4 Å². The number of imidazole rings is 1. The van der Waals surface area contributed by atoms with Crippen LogP contribution in [0.15, 0.2) is 42.7 Å². The highest BCUT2D eigenvalue weighted by Gasteiger charge is 2.12. The molecule has 0 radical (unpaired) electrons. The summed E-state index contributed by atoms with van der Waals surface area (Å²) in [6.45, 7) is 1.82. The van der Waals surface area contributed by atoms with Crippen molar-refractivity contribution in [3.05, 3.63) is 53.9 Å². The van der Waals surface area contributed by atoms with Crippen LogP contribution in [0.3, 0.4) is 0 Å². The molecule has 0 saturated carbocycles.